The van der Waals surface area contributed by atoms with Crippen molar-refractivity contribution in [2.75, 3.05) is 4.90 Å². The van der Waals surface area contributed by atoms with Crippen molar-refractivity contribution < 1.29 is 9.59 Å². The van der Waals surface area contributed by atoms with Gasteiger partial charge in [-0.15, -0.1) is 0 Å². The van der Waals surface area contributed by atoms with Crippen molar-refractivity contribution in [1.82, 2.24) is 0 Å². The third-order valence-corrected chi connectivity index (χ3v) is 2.97. The lowest BCUT2D eigenvalue weighted by molar-refractivity contribution is -0.124. The van der Waals surface area contributed by atoms with Crippen LogP contribution in [0.15, 0.2) is 22.7 Å². The summed E-state index contributed by atoms with van der Waals surface area (Å²) in [7, 11) is 0. The van der Waals surface area contributed by atoms with Crippen LogP contribution in [0, 0.1) is 0 Å². The lowest BCUT2D eigenvalue weighted by Crippen LogP contribution is -2.31. The van der Waals surface area contributed by atoms with Gasteiger partial charge in [0, 0.05) is 11.4 Å². The molecule has 1 aliphatic rings. The second-order valence-electron chi connectivity index (χ2n) is 3.16. The van der Waals surface area contributed by atoms with Crippen molar-refractivity contribution >= 4 is 33.4 Å². The van der Waals surface area contributed by atoms with Crippen LogP contribution in [0.3, 0.4) is 0 Å². The molecule has 0 unspecified atom stereocenters. The molecule has 0 fully saturated rings. The average Bonchev–Trinajstić information content (AvgIpc) is 2.42. The van der Waals surface area contributed by atoms with E-state index in [2.05, 4.69) is 15.9 Å². The zero-order valence-electron chi connectivity index (χ0n) is 7.58. The third-order valence-electron chi connectivity index (χ3n) is 2.23. The van der Waals surface area contributed by atoms with E-state index in [0.717, 1.165) is 10.0 Å². The number of fused-ring (bicyclic) bond motifs is 1. The van der Waals surface area contributed by atoms with Crippen LogP contribution >= 0.6 is 15.9 Å². The molecule has 2 amide bonds. The highest BCUT2D eigenvalue weighted by Crippen LogP contribution is 2.34. The molecular formula is C10H8BrNO2. The number of rotatable bonds is 0. The molecule has 4 heteroatoms. The van der Waals surface area contributed by atoms with Gasteiger partial charge in [-0.3, -0.25) is 14.5 Å². The minimum Gasteiger partial charge on any atom is -0.274 e. The van der Waals surface area contributed by atoms with E-state index in [0.29, 0.717) is 12.1 Å². The predicted octanol–water partition coefficient (Wildman–Crippen LogP) is 1.88. The molecule has 0 N–H and O–H groups in total. The molecule has 1 aromatic rings. The summed E-state index contributed by atoms with van der Waals surface area (Å²) in [5.41, 5.74) is 1.60. The van der Waals surface area contributed by atoms with Gasteiger partial charge >= 0.3 is 0 Å². The average molecular weight is 254 g/mol. The Kier molecular flexibility index (Phi) is 2.15. The zero-order chi connectivity index (χ0) is 10.3. The maximum atomic E-state index is 11.5. The van der Waals surface area contributed by atoms with Gasteiger partial charge in [-0.25, -0.2) is 0 Å². The molecule has 1 aromatic carbocycles. The smallest absolute Gasteiger partial charge is 0.238 e. The maximum Gasteiger partial charge on any atom is 0.238 e. The number of imide groups is 1. The Balaban J connectivity index is 2.58. The van der Waals surface area contributed by atoms with Gasteiger partial charge in [-0.05, 0) is 17.7 Å². The van der Waals surface area contributed by atoms with Gasteiger partial charge in [-0.2, -0.15) is 0 Å². The molecule has 0 atom stereocenters. The number of hydrogen-bond donors (Lipinski definition) is 0. The molecule has 14 heavy (non-hydrogen) atoms. The first kappa shape index (κ1) is 9.40. The summed E-state index contributed by atoms with van der Waals surface area (Å²) in [6, 6.07) is 5.47. The molecule has 0 bridgehead atoms. The fourth-order valence-corrected chi connectivity index (χ4v) is 2.14. The first-order valence-electron chi connectivity index (χ1n) is 4.22. The van der Waals surface area contributed by atoms with Gasteiger partial charge in [0.2, 0.25) is 11.8 Å². The summed E-state index contributed by atoms with van der Waals surface area (Å²) in [5, 5.41) is 0. The molecular weight excluding hydrogens is 246 g/mol. The third kappa shape index (κ3) is 1.26. The van der Waals surface area contributed by atoms with Crippen LogP contribution in [0.4, 0.5) is 5.69 Å². The van der Waals surface area contributed by atoms with Gasteiger partial charge in [0.05, 0.1) is 12.1 Å². The number of hydrogen-bond acceptors (Lipinski definition) is 2. The number of amides is 2. The van der Waals surface area contributed by atoms with E-state index in [1.54, 1.807) is 6.07 Å². The van der Waals surface area contributed by atoms with E-state index in [-0.39, 0.29) is 11.8 Å². The van der Waals surface area contributed by atoms with Crippen LogP contribution in [0.1, 0.15) is 12.5 Å². The Bertz CT molecular complexity index is 428. The Labute approximate surface area is 89.8 Å². The molecule has 1 aliphatic heterocycles. The molecule has 0 spiro atoms. The first-order chi connectivity index (χ1) is 6.61. The highest BCUT2D eigenvalue weighted by Gasteiger charge is 2.31. The molecule has 1 heterocycles. The van der Waals surface area contributed by atoms with E-state index < -0.39 is 0 Å². The van der Waals surface area contributed by atoms with E-state index in [1.165, 1.54) is 11.8 Å². The lowest BCUT2D eigenvalue weighted by Gasteiger charge is -2.12. The SMILES string of the molecule is CC(=O)N1C(=O)Cc2c(Br)cccc21. The number of anilines is 1. The summed E-state index contributed by atoms with van der Waals surface area (Å²) >= 11 is 3.36. The summed E-state index contributed by atoms with van der Waals surface area (Å²) in [6.07, 6.45) is 0.302. The van der Waals surface area contributed by atoms with Crippen molar-refractivity contribution in [3.8, 4) is 0 Å². The number of halogens is 1. The Morgan fingerprint density at radius 3 is 2.86 bits per heavy atom. The maximum absolute atomic E-state index is 11.5. The number of carbonyl (C=O) groups excluding carboxylic acids is 2. The van der Waals surface area contributed by atoms with Gasteiger partial charge < -0.3 is 0 Å². The molecule has 2 rings (SSSR count). The minimum atomic E-state index is -0.230. The van der Waals surface area contributed by atoms with E-state index in [9.17, 15) is 9.59 Å². The van der Waals surface area contributed by atoms with Crippen molar-refractivity contribution in [3.63, 3.8) is 0 Å². The van der Waals surface area contributed by atoms with Crippen LogP contribution in [0.5, 0.6) is 0 Å². The molecule has 0 radical (unpaired) electrons. The molecule has 0 saturated carbocycles. The van der Waals surface area contributed by atoms with E-state index in [1.807, 2.05) is 12.1 Å². The predicted molar refractivity (Wildman–Crippen MR) is 56.0 cm³/mol. The van der Waals surface area contributed by atoms with Gasteiger partial charge in [0.1, 0.15) is 0 Å². The highest BCUT2D eigenvalue weighted by atomic mass is 79.9. The summed E-state index contributed by atoms with van der Waals surface area (Å²) in [6.45, 7) is 1.40. The summed E-state index contributed by atoms with van der Waals surface area (Å²) < 4.78 is 0.882. The fraction of sp³-hybridized carbons (Fsp3) is 0.200. The minimum absolute atomic E-state index is 0.153. The van der Waals surface area contributed by atoms with Gasteiger partial charge in [0.15, 0.2) is 0 Å². The Morgan fingerprint density at radius 1 is 1.50 bits per heavy atom. The Hall–Kier alpha value is -1.16. The fourth-order valence-electron chi connectivity index (χ4n) is 1.64. The first-order valence-corrected chi connectivity index (χ1v) is 5.01. The van der Waals surface area contributed by atoms with Crippen molar-refractivity contribution in [3.05, 3.63) is 28.2 Å². The number of carbonyl (C=O) groups is 2. The number of benzene rings is 1. The monoisotopic (exact) mass is 253 g/mol. The van der Waals surface area contributed by atoms with Crippen molar-refractivity contribution in [2.24, 2.45) is 0 Å². The second kappa shape index (κ2) is 3.20. The van der Waals surface area contributed by atoms with Gasteiger partial charge in [0.25, 0.3) is 0 Å². The van der Waals surface area contributed by atoms with Gasteiger partial charge in [-0.1, -0.05) is 22.0 Å². The van der Waals surface area contributed by atoms with E-state index in [4.69, 9.17) is 0 Å². The number of nitrogens with zero attached hydrogens (tertiary/aromatic N) is 1. The van der Waals surface area contributed by atoms with Crippen LogP contribution in [0.2, 0.25) is 0 Å². The van der Waals surface area contributed by atoms with E-state index >= 15 is 0 Å². The molecule has 0 saturated heterocycles. The Morgan fingerprint density at radius 2 is 2.21 bits per heavy atom. The highest BCUT2D eigenvalue weighted by molar-refractivity contribution is 9.10. The van der Waals surface area contributed by atoms with Crippen LogP contribution in [-0.2, 0) is 16.0 Å². The molecule has 0 aromatic heterocycles. The lowest BCUT2D eigenvalue weighted by atomic mass is 10.2. The normalized spacial score (nSPS) is 14.4. The summed E-state index contributed by atoms with van der Waals surface area (Å²) in [5.74, 6) is -0.383. The van der Waals surface area contributed by atoms with Crippen LogP contribution in [-0.4, -0.2) is 11.8 Å². The molecule has 72 valence electrons. The second-order valence-corrected chi connectivity index (χ2v) is 4.02. The largest absolute Gasteiger partial charge is 0.274 e. The molecule has 3 nitrogen and oxygen atoms in total. The quantitative estimate of drug-likeness (QED) is 0.708. The zero-order valence-corrected chi connectivity index (χ0v) is 9.17. The topological polar surface area (TPSA) is 37.4 Å². The van der Waals surface area contributed by atoms with Crippen LogP contribution < -0.4 is 4.90 Å². The summed E-state index contributed by atoms with van der Waals surface area (Å²) in [4.78, 5) is 24.0. The molecule has 0 aliphatic carbocycles. The van der Waals surface area contributed by atoms with Crippen molar-refractivity contribution in [2.45, 2.75) is 13.3 Å². The van der Waals surface area contributed by atoms with Crippen molar-refractivity contribution in [1.29, 1.82) is 0 Å². The standard InChI is InChI=1S/C10H8BrNO2/c1-6(13)12-9-4-2-3-8(11)7(9)5-10(12)14/h2-4H,5H2,1H3. The van der Waals surface area contributed by atoms with Crippen LogP contribution in [0.25, 0.3) is 0 Å².